The number of fused-ring (bicyclic) bond motifs is 1. The summed E-state index contributed by atoms with van der Waals surface area (Å²) in [6.45, 7) is 6.69. The first-order valence-electron chi connectivity index (χ1n) is 8.84. The third-order valence-corrected chi connectivity index (χ3v) is 5.13. The fourth-order valence-corrected chi connectivity index (χ4v) is 3.70. The highest BCUT2D eigenvalue weighted by molar-refractivity contribution is 5.67. The molecule has 2 fully saturated rings. The van der Waals surface area contributed by atoms with Gasteiger partial charge in [0.05, 0.1) is 17.0 Å². The second-order valence-electron chi connectivity index (χ2n) is 7.21. The van der Waals surface area contributed by atoms with E-state index in [4.69, 9.17) is 9.47 Å². The first-order chi connectivity index (χ1) is 11.7. The van der Waals surface area contributed by atoms with Crippen molar-refractivity contribution in [2.75, 3.05) is 25.1 Å². The van der Waals surface area contributed by atoms with Crippen molar-refractivity contribution < 1.29 is 9.47 Å². The molecule has 1 spiro atoms. The van der Waals surface area contributed by atoms with Gasteiger partial charge in [0, 0.05) is 25.9 Å². The van der Waals surface area contributed by atoms with Gasteiger partial charge >= 0.3 is 0 Å². The molecule has 2 aliphatic heterocycles. The molecule has 0 saturated carbocycles. The summed E-state index contributed by atoms with van der Waals surface area (Å²) in [5, 5.41) is 16.5. The third kappa shape index (κ3) is 2.98. The van der Waals surface area contributed by atoms with E-state index < -0.39 is 0 Å². The lowest BCUT2D eigenvalue weighted by atomic mass is 9.84. The van der Waals surface area contributed by atoms with Crippen molar-refractivity contribution in [1.29, 1.82) is 0 Å². The quantitative estimate of drug-likeness (QED) is 0.931. The summed E-state index contributed by atoms with van der Waals surface area (Å²) in [6, 6.07) is 2.49. The van der Waals surface area contributed by atoms with Crippen molar-refractivity contribution in [1.82, 2.24) is 19.8 Å². The van der Waals surface area contributed by atoms with Crippen LogP contribution in [-0.4, -0.2) is 51.3 Å². The second-order valence-corrected chi connectivity index (χ2v) is 7.21. The van der Waals surface area contributed by atoms with Gasteiger partial charge < -0.3 is 14.8 Å². The van der Waals surface area contributed by atoms with Crippen LogP contribution in [0.25, 0.3) is 5.65 Å². The van der Waals surface area contributed by atoms with Crippen molar-refractivity contribution in [2.45, 2.75) is 57.1 Å². The predicted molar refractivity (Wildman–Crippen MR) is 90.3 cm³/mol. The molecule has 0 amide bonds. The SMILES string of the molecule is CC(C)c1cc(NC2CCOC3(CCOCC3)C2)c2nncn2n1. The topological polar surface area (TPSA) is 73.6 Å². The summed E-state index contributed by atoms with van der Waals surface area (Å²) < 4.78 is 13.4. The zero-order chi connectivity index (χ0) is 16.6. The number of rotatable bonds is 3. The second kappa shape index (κ2) is 6.29. The lowest BCUT2D eigenvalue weighted by Gasteiger charge is -2.43. The van der Waals surface area contributed by atoms with E-state index in [1.807, 2.05) is 0 Å². The molecule has 2 aromatic heterocycles. The Kier molecular flexibility index (Phi) is 4.14. The molecule has 0 aromatic carbocycles. The Morgan fingerprint density at radius 2 is 2.12 bits per heavy atom. The Morgan fingerprint density at radius 1 is 1.29 bits per heavy atom. The number of hydrogen-bond donors (Lipinski definition) is 1. The Bertz CT molecular complexity index is 703. The maximum Gasteiger partial charge on any atom is 0.200 e. The Morgan fingerprint density at radius 3 is 2.92 bits per heavy atom. The van der Waals surface area contributed by atoms with Gasteiger partial charge in [0.2, 0.25) is 5.65 Å². The molecule has 4 rings (SSSR count). The van der Waals surface area contributed by atoms with Gasteiger partial charge in [0.1, 0.15) is 6.33 Å². The first kappa shape index (κ1) is 15.8. The summed E-state index contributed by atoms with van der Waals surface area (Å²) in [7, 11) is 0. The van der Waals surface area contributed by atoms with Crippen molar-refractivity contribution in [3.63, 3.8) is 0 Å². The summed E-state index contributed by atoms with van der Waals surface area (Å²) in [6.07, 6.45) is 5.65. The number of anilines is 1. The van der Waals surface area contributed by atoms with Gasteiger partial charge in [-0.3, -0.25) is 0 Å². The molecule has 130 valence electrons. The molecule has 4 heterocycles. The summed E-state index contributed by atoms with van der Waals surface area (Å²) >= 11 is 0. The Hall–Kier alpha value is -1.73. The molecular weight excluding hydrogens is 306 g/mol. The van der Waals surface area contributed by atoms with Crippen LogP contribution in [-0.2, 0) is 9.47 Å². The van der Waals surface area contributed by atoms with E-state index >= 15 is 0 Å². The van der Waals surface area contributed by atoms with E-state index in [1.54, 1.807) is 10.8 Å². The Labute approximate surface area is 141 Å². The van der Waals surface area contributed by atoms with E-state index in [1.165, 1.54) is 0 Å². The van der Waals surface area contributed by atoms with Crippen LogP contribution in [0, 0.1) is 0 Å². The smallest absolute Gasteiger partial charge is 0.200 e. The van der Waals surface area contributed by atoms with Crippen molar-refractivity contribution in [2.24, 2.45) is 0 Å². The molecule has 24 heavy (non-hydrogen) atoms. The van der Waals surface area contributed by atoms with Gasteiger partial charge in [-0.1, -0.05) is 13.8 Å². The average Bonchev–Trinajstić information content (AvgIpc) is 3.04. The molecule has 2 saturated heterocycles. The molecule has 1 unspecified atom stereocenters. The van der Waals surface area contributed by atoms with Gasteiger partial charge in [-0.25, -0.2) is 0 Å². The van der Waals surface area contributed by atoms with Crippen LogP contribution in [0.5, 0.6) is 0 Å². The average molecular weight is 331 g/mol. The van der Waals surface area contributed by atoms with E-state index in [0.717, 1.165) is 62.5 Å². The van der Waals surface area contributed by atoms with Crippen LogP contribution in [0.15, 0.2) is 12.4 Å². The zero-order valence-corrected chi connectivity index (χ0v) is 14.4. The van der Waals surface area contributed by atoms with Crippen LogP contribution >= 0.6 is 0 Å². The minimum absolute atomic E-state index is 0.0218. The highest BCUT2D eigenvalue weighted by Gasteiger charge is 2.39. The molecule has 0 aliphatic carbocycles. The van der Waals surface area contributed by atoms with Gasteiger partial charge in [-0.05, 0) is 37.7 Å². The number of ether oxygens (including phenoxy) is 2. The zero-order valence-electron chi connectivity index (χ0n) is 14.4. The lowest BCUT2D eigenvalue weighted by molar-refractivity contribution is -0.135. The first-order valence-corrected chi connectivity index (χ1v) is 8.84. The fraction of sp³-hybridized carbons (Fsp3) is 0.706. The monoisotopic (exact) mass is 331 g/mol. The van der Waals surface area contributed by atoms with Gasteiger partial charge in [0.25, 0.3) is 0 Å². The Balaban J connectivity index is 1.58. The number of nitrogens with zero attached hydrogens (tertiary/aromatic N) is 4. The van der Waals surface area contributed by atoms with Crippen molar-refractivity contribution in [3.8, 4) is 0 Å². The number of aromatic nitrogens is 4. The molecule has 1 atom stereocenters. The predicted octanol–water partition coefficient (Wildman–Crippen LogP) is 2.39. The van der Waals surface area contributed by atoms with Crippen molar-refractivity contribution in [3.05, 3.63) is 18.1 Å². The van der Waals surface area contributed by atoms with Crippen LogP contribution in [0.2, 0.25) is 0 Å². The molecule has 0 bridgehead atoms. The van der Waals surface area contributed by atoms with E-state index in [9.17, 15) is 0 Å². The van der Waals surface area contributed by atoms with E-state index in [0.29, 0.717) is 12.0 Å². The standard InChI is InChI=1S/C17H25N5O2/c1-12(2)14-9-15(16-20-18-11-22(16)21-14)19-13-3-6-24-17(10-13)4-7-23-8-5-17/h9,11-13,19H,3-8,10H2,1-2H3. The minimum atomic E-state index is -0.0218. The van der Waals surface area contributed by atoms with Gasteiger partial charge in [-0.2, -0.15) is 9.61 Å². The lowest BCUT2D eigenvalue weighted by Crippen LogP contribution is -2.47. The third-order valence-electron chi connectivity index (χ3n) is 5.13. The fourth-order valence-electron chi connectivity index (χ4n) is 3.70. The molecule has 7 heteroatoms. The molecule has 7 nitrogen and oxygen atoms in total. The largest absolute Gasteiger partial charge is 0.381 e. The molecule has 0 radical (unpaired) electrons. The number of nitrogens with one attached hydrogen (secondary N) is 1. The summed E-state index contributed by atoms with van der Waals surface area (Å²) in [4.78, 5) is 0. The van der Waals surface area contributed by atoms with Crippen molar-refractivity contribution >= 4 is 11.3 Å². The highest BCUT2D eigenvalue weighted by Crippen LogP contribution is 2.35. The minimum Gasteiger partial charge on any atom is -0.381 e. The normalized spacial score (nSPS) is 23.9. The van der Waals surface area contributed by atoms with E-state index in [-0.39, 0.29) is 5.60 Å². The van der Waals surface area contributed by atoms with Gasteiger partial charge in [-0.15, -0.1) is 10.2 Å². The number of hydrogen-bond acceptors (Lipinski definition) is 6. The molecule has 2 aromatic rings. The van der Waals surface area contributed by atoms with E-state index in [2.05, 4.69) is 40.5 Å². The molecular formula is C17H25N5O2. The highest BCUT2D eigenvalue weighted by atomic mass is 16.5. The summed E-state index contributed by atoms with van der Waals surface area (Å²) in [5.41, 5.74) is 2.82. The maximum atomic E-state index is 6.14. The molecule has 2 aliphatic rings. The van der Waals surface area contributed by atoms with Crippen LogP contribution in [0.4, 0.5) is 5.69 Å². The molecule has 1 N–H and O–H groups in total. The van der Waals surface area contributed by atoms with Crippen LogP contribution < -0.4 is 5.32 Å². The van der Waals surface area contributed by atoms with Gasteiger partial charge in [0.15, 0.2) is 0 Å². The van der Waals surface area contributed by atoms with Crippen LogP contribution in [0.1, 0.15) is 51.1 Å². The maximum absolute atomic E-state index is 6.14. The van der Waals surface area contributed by atoms with Crippen LogP contribution in [0.3, 0.4) is 0 Å². The summed E-state index contributed by atoms with van der Waals surface area (Å²) in [5.74, 6) is 0.355.